The summed E-state index contributed by atoms with van der Waals surface area (Å²) in [5.41, 5.74) is 7.93. The fourth-order valence-electron chi connectivity index (χ4n) is 2.24. The van der Waals surface area contributed by atoms with Gasteiger partial charge in [-0.25, -0.2) is 0 Å². The van der Waals surface area contributed by atoms with E-state index in [1.807, 2.05) is 12.1 Å². The van der Waals surface area contributed by atoms with E-state index in [0.717, 1.165) is 17.7 Å². The van der Waals surface area contributed by atoms with E-state index in [2.05, 4.69) is 26.8 Å². The van der Waals surface area contributed by atoms with Gasteiger partial charge in [0, 0.05) is 12.0 Å². The Morgan fingerprint density at radius 1 is 1.39 bits per heavy atom. The molecular formula is C15H25NO2. The lowest BCUT2D eigenvalue weighted by molar-refractivity contribution is 0.0836. The highest BCUT2D eigenvalue weighted by atomic mass is 16.5. The van der Waals surface area contributed by atoms with E-state index in [1.165, 1.54) is 5.56 Å². The van der Waals surface area contributed by atoms with Crippen LogP contribution in [-0.4, -0.2) is 25.4 Å². The summed E-state index contributed by atoms with van der Waals surface area (Å²) in [7, 11) is 1.67. The molecule has 0 radical (unpaired) electrons. The summed E-state index contributed by atoms with van der Waals surface area (Å²) in [6.07, 6.45) is 0.739. The zero-order valence-corrected chi connectivity index (χ0v) is 11.9. The van der Waals surface area contributed by atoms with Gasteiger partial charge < -0.3 is 15.6 Å². The number of nitrogens with two attached hydrogens (primary N) is 1. The number of hydrogen-bond acceptors (Lipinski definition) is 3. The summed E-state index contributed by atoms with van der Waals surface area (Å²) in [6, 6.07) is 6.12. The van der Waals surface area contributed by atoms with Crippen molar-refractivity contribution in [3.63, 3.8) is 0 Å². The van der Waals surface area contributed by atoms with Crippen molar-refractivity contribution in [2.75, 3.05) is 20.3 Å². The van der Waals surface area contributed by atoms with E-state index in [1.54, 1.807) is 7.11 Å². The average Bonchev–Trinajstić information content (AvgIpc) is 2.36. The van der Waals surface area contributed by atoms with Crippen molar-refractivity contribution in [2.45, 2.75) is 27.2 Å². The largest absolute Gasteiger partial charge is 0.496 e. The van der Waals surface area contributed by atoms with Crippen LogP contribution in [0, 0.1) is 18.3 Å². The van der Waals surface area contributed by atoms with Crippen molar-refractivity contribution in [1.82, 2.24) is 0 Å². The molecule has 0 saturated carbocycles. The van der Waals surface area contributed by atoms with Crippen LogP contribution in [0.3, 0.4) is 0 Å². The standard InChI is InChI=1S/C15H25NO2/c1-11(2)15(9-16,10-17)8-13-7-12(3)5-6-14(13)18-4/h5-7,11,17H,8-10,16H2,1-4H3. The van der Waals surface area contributed by atoms with Gasteiger partial charge in [0.2, 0.25) is 0 Å². The molecule has 1 atom stereocenters. The SMILES string of the molecule is COc1ccc(C)cc1CC(CN)(CO)C(C)C. The maximum Gasteiger partial charge on any atom is 0.122 e. The Morgan fingerprint density at radius 2 is 2.06 bits per heavy atom. The van der Waals surface area contributed by atoms with Gasteiger partial charge in [0.15, 0.2) is 0 Å². The summed E-state index contributed by atoms with van der Waals surface area (Å²) in [6.45, 7) is 6.83. The minimum absolute atomic E-state index is 0.0955. The van der Waals surface area contributed by atoms with Crippen LogP contribution in [0.25, 0.3) is 0 Å². The first kappa shape index (κ1) is 15.0. The molecule has 3 N–H and O–H groups in total. The minimum atomic E-state index is -0.277. The summed E-state index contributed by atoms with van der Waals surface area (Å²) >= 11 is 0. The van der Waals surface area contributed by atoms with E-state index < -0.39 is 0 Å². The van der Waals surface area contributed by atoms with Gasteiger partial charge in [0.05, 0.1) is 13.7 Å². The van der Waals surface area contributed by atoms with Gasteiger partial charge in [0.25, 0.3) is 0 Å². The maximum absolute atomic E-state index is 9.72. The van der Waals surface area contributed by atoms with Crippen LogP contribution >= 0.6 is 0 Å². The lowest BCUT2D eigenvalue weighted by Crippen LogP contribution is -2.41. The molecule has 0 amide bonds. The molecule has 1 unspecified atom stereocenters. The Hall–Kier alpha value is -1.06. The van der Waals surface area contributed by atoms with Crippen molar-refractivity contribution in [3.05, 3.63) is 29.3 Å². The monoisotopic (exact) mass is 251 g/mol. The Labute approximate surface area is 110 Å². The van der Waals surface area contributed by atoms with Gasteiger partial charge in [0.1, 0.15) is 5.75 Å². The van der Waals surface area contributed by atoms with Crippen LogP contribution in [0.4, 0.5) is 0 Å². The molecule has 1 aromatic carbocycles. The third kappa shape index (κ3) is 3.03. The second kappa shape index (κ2) is 6.21. The highest BCUT2D eigenvalue weighted by Gasteiger charge is 2.32. The molecule has 0 fully saturated rings. The fourth-order valence-corrected chi connectivity index (χ4v) is 2.24. The van der Waals surface area contributed by atoms with Crippen LogP contribution < -0.4 is 10.5 Å². The van der Waals surface area contributed by atoms with Crippen molar-refractivity contribution in [1.29, 1.82) is 0 Å². The molecule has 0 aliphatic rings. The predicted molar refractivity (Wildman–Crippen MR) is 74.8 cm³/mol. The molecule has 0 aromatic heterocycles. The molecule has 0 saturated heterocycles. The maximum atomic E-state index is 9.72. The molecule has 3 heteroatoms. The van der Waals surface area contributed by atoms with Gasteiger partial charge in [-0.15, -0.1) is 0 Å². The Balaban J connectivity index is 3.10. The van der Waals surface area contributed by atoms with Gasteiger partial charge in [-0.2, -0.15) is 0 Å². The summed E-state index contributed by atoms with van der Waals surface area (Å²) < 4.78 is 5.39. The van der Waals surface area contributed by atoms with E-state index in [4.69, 9.17) is 10.5 Å². The lowest BCUT2D eigenvalue weighted by atomic mass is 9.73. The van der Waals surface area contributed by atoms with Crippen molar-refractivity contribution >= 4 is 0 Å². The zero-order chi connectivity index (χ0) is 13.8. The van der Waals surface area contributed by atoms with Crippen LogP contribution in [0.1, 0.15) is 25.0 Å². The van der Waals surface area contributed by atoms with Gasteiger partial charge in [-0.3, -0.25) is 0 Å². The number of rotatable bonds is 6. The number of aliphatic hydroxyl groups excluding tert-OH is 1. The Morgan fingerprint density at radius 3 is 2.50 bits per heavy atom. The second-order valence-corrected chi connectivity index (χ2v) is 5.37. The normalized spacial score (nSPS) is 14.6. The van der Waals surface area contributed by atoms with Gasteiger partial charge in [-0.1, -0.05) is 31.5 Å². The number of aryl methyl sites for hydroxylation is 1. The molecule has 3 nitrogen and oxygen atoms in total. The Kier molecular flexibility index (Phi) is 5.17. The van der Waals surface area contributed by atoms with Crippen LogP contribution in [0.15, 0.2) is 18.2 Å². The van der Waals surface area contributed by atoms with Gasteiger partial charge >= 0.3 is 0 Å². The number of methoxy groups -OCH3 is 1. The molecule has 0 aliphatic heterocycles. The number of benzene rings is 1. The molecular weight excluding hydrogens is 226 g/mol. The first-order valence-electron chi connectivity index (χ1n) is 6.43. The lowest BCUT2D eigenvalue weighted by Gasteiger charge is -2.35. The Bertz CT molecular complexity index is 384. The van der Waals surface area contributed by atoms with E-state index in [-0.39, 0.29) is 12.0 Å². The summed E-state index contributed by atoms with van der Waals surface area (Å²) in [4.78, 5) is 0. The van der Waals surface area contributed by atoms with E-state index in [9.17, 15) is 5.11 Å². The zero-order valence-electron chi connectivity index (χ0n) is 11.9. The molecule has 1 aromatic rings. The summed E-state index contributed by atoms with van der Waals surface area (Å²) in [5, 5.41) is 9.72. The molecule has 0 heterocycles. The van der Waals surface area contributed by atoms with Crippen LogP contribution in [0.2, 0.25) is 0 Å². The fraction of sp³-hybridized carbons (Fsp3) is 0.600. The van der Waals surface area contributed by atoms with Gasteiger partial charge in [-0.05, 0) is 30.9 Å². The van der Waals surface area contributed by atoms with Crippen LogP contribution in [-0.2, 0) is 6.42 Å². The van der Waals surface area contributed by atoms with Crippen LogP contribution in [0.5, 0.6) is 5.75 Å². The molecule has 18 heavy (non-hydrogen) atoms. The third-order valence-electron chi connectivity index (χ3n) is 3.92. The second-order valence-electron chi connectivity index (χ2n) is 5.37. The van der Waals surface area contributed by atoms with E-state index >= 15 is 0 Å². The molecule has 0 aliphatic carbocycles. The predicted octanol–water partition coefficient (Wildman–Crippen LogP) is 2.14. The van der Waals surface area contributed by atoms with Crippen molar-refractivity contribution < 1.29 is 9.84 Å². The van der Waals surface area contributed by atoms with Crippen molar-refractivity contribution in [3.8, 4) is 5.75 Å². The van der Waals surface area contributed by atoms with E-state index in [0.29, 0.717) is 12.5 Å². The smallest absolute Gasteiger partial charge is 0.122 e. The minimum Gasteiger partial charge on any atom is -0.496 e. The number of hydrogen-bond donors (Lipinski definition) is 2. The molecule has 1 rings (SSSR count). The third-order valence-corrected chi connectivity index (χ3v) is 3.92. The quantitative estimate of drug-likeness (QED) is 0.814. The average molecular weight is 251 g/mol. The summed E-state index contributed by atoms with van der Waals surface area (Å²) in [5.74, 6) is 1.19. The molecule has 0 spiro atoms. The first-order chi connectivity index (χ1) is 8.49. The molecule has 0 bridgehead atoms. The number of aliphatic hydroxyl groups is 1. The highest BCUT2D eigenvalue weighted by molar-refractivity contribution is 5.37. The number of ether oxygens (including phenoxy) is 1. The molecule has 102 valence electrons. The highest BCUT2D eigenvalue weighted by Crippen LogP contribution is 2.34. The topological polar surface area (TPSA) is 55.5 Å². The van der Waals surface area contributed by atoms with Crippen molar-refractivity contribution in [2.24, 2.45) is 17.1 Å². The first-order valence-corrected chi connectivity index (χ1v) is 6.43.